The van der Waals surface area contributed by atoms with E-state index in [0.717, 1.165) is 5.56 Å². The highest BCUT2D eigenvalue weighted by molar-refractivity contribution is 6.29. The molecular formula is C13H13ClN2O. The third-order valence-electron chi connectivity index (χ3n) is 2.45. The SMILES string of the molecule is C=C(Cl)Cn1ccnc1[C@H](O)c1ccccc1. The summed E-state index contributed by atoms with van der Waals surface area (Å²) < 4.78 is 1.78. The van der Waals surface area contributed by atoms with Crippen LogP contribution in [0.3, 0.4) is 0 Å². The number of hydrogen-bond acceptors (Lipinski definition) is 2. The van der Waals surface area contributed by atoms with Gasteiger partial charge < -0.3 is 9.67 Å². The van der Waals surface area contributed by atoms with E-state index in [0.29, 0.717) is 17.4 Å². The molecule has 0 saturated heterocycles. The van der Waals surface area contributed by atoms with Crippen LogP contribution in [0.15, 0.2) is 54.3 Å². The third-order valence-corrected chi connectivity index (χ3v) is 2.57. The monoisotopic (exact) mass is 248 g/mol. The number of nitrogens with zero attached hydrogens (tertiary/aromatic N) is 2. The van der Waals surface area contributed by atoms with E-state index >= 15 is 0 Å². The van der Waals surface area contributed by atoms with Crippen molar-refractivity contribution in [3.63, 3.8) is 0 Å². The lowest BCUT2D eigenvalue weighted by molar-refractivity contribution is 0.205. The number of allylic oxidation sites excluding steroid dienone is 1. The van der Waals surface area contributed by atoms with Gasteiger partial charge in [-0.25, -0.2) is 4.98 Å². The molecule has 1 atom stereocenters. The Labute approximate surface area is 105 Å². The molecule has 0 amide bonds. The fourth-order valence-electron chi connectivity index (χ4n) is 1.67. The maximum absolute atomic E-state index is 10.2. The standard InChI is InChI=1S/C13H13ClN2O/c1-10(14)9-16-8-7-15-13(16)12(17)11-5-3-2-4-6-11/h2-8,12,17H,1,9H2/t12-/m1/s1. The van der Waals surface area contributed by atoms with Gasteiger partial charge in [-0.05, 0) is 5.56 Å². The van der Waals surface area contributed by atoms with Gasteiger partial charge in [-0.1, -0.05) is 48.5 Å². The predicted molar refractivity (Wildman–Crippen MR) is 67.7 cm³/mol. The average molecular weight is 249 g/mol. The summed E-state index contributed by atoms with van der Waals surface area (Å²) in [5.74, 6) is 0.568. The molecule has 88 valence electrons. The zero-order valence-electron chi connectivity index (χ0n) is 9.25. The molecule has 1 N–H and O–H groups in total. The van der Waals surface area contributed by atoms with Crippen molar-refractivity contribution in [1.29, 1.82) is 0 Å². The fraction of sp³-hybridized carbons (Fsp3) is 0.154. The Kier molecular flexibility index (Phi) is 3.61. The molecule has 3 nitrogen and oxygen atoms in total. The molecule has 0 bridgehead atoms. The first-order chi connectivity index (χ1) is 8.18. The molecule has 2 rings (SSSR count). The summed E-state index contributed by atoms with van der Waals surface area (Å²) in [6.07, 6.45) is 2.67. The van der Waals surface area contributed by atoms with Crippen LogP contribution in [0.1, 0.15) is 17.5 Å². The molecule has 0 aliphatic heterocycles. The lowest BCUT2D eigenvalue weighted by atomic mass is 10.1. The van der Waals surface area contributed by atoms with Crippen LogP contribution in [0.2, 0.25) is 0 Å². The van der Waals surface area contributed by atoms with Crippen molar-refractivity contribution in [3.05, 3.63) is 65.7 Å². The molecule has 0 unspecified atom stereocenters. The molecule has 17 heavy (non-hydrogen) atoms. The van der Waals surface area contributed by atoms with E-state index in [1.165, 1.54) is 0 Å². The van der Waals surface area contributed by atoms with E-state index in [4.69, 9.17) is 11.6 Å². The van der Waals surface area contributed by atoms with E-state index in [-0.39, 0.29) is 0 Å². The van der Waals surface area contributed by atoms with Gasteiger partial charge in [0.1, 0.15) is 11.9 Å². The summed E-state index contributed by atoms with van der Waals surface area (Å²) in [6.45, 7) is 4.08. The molecule has 0 spiro atoms. The minimum Gasteiger partial charge on any atom is -0.380 e. The van der Waals surface area contributed by atoms with Crippen LogP contribution in [0.5, 0.6) is 0 Å². The number of halogens is 1. The minimum absolute atomic E-state index is 0.445. The maximum Gasteiger partial charge on any atom is 0.142 e. The van der Waals surface area contributed by atoms with Gasteiger partial charge >= 0.3 is 0 Å². The zero-order valence-corrected chi connectivity index (χ0v) is 10.0. The summed E-state index contributed by atoms with van der Waals surface area (Å²) in [5, 5.41) is 10.7. The van der Waals surface area contributed by atoms with Gasteiger partial charge in [0.2, 0.25) is 0 Å². The van der Waals surface area contributed by atoms with Gasteiger partial charge in [0.25, 0.3) is 0 Å². The zero-order chi connectivity index (χ0) is 12.3. The molecule has 4 heteroatoms. The number of benzene rings is 1. The number of rotatable bonds is 4. The first-order valence-electron chi connectivity index (χ1n) is 5.26. The Morgan fingerprint density at radius 2 is 2.12 bits per heavy atom. The van der Waals surface area contributed by atoms with Crippen LogP contribution in [0, 0.1) is 0 Å². The van der Waals surface area contributed by atoms with Gasteiger partial charge in [0.05, 0.1) is 6.54 Å². The van der Waals surface area contributed by atoms with E-state index in [2.05, 4.69) is 11.6 Å². The highest BCUT2D eigenvalue weighted by atomic mass is 35.5. The lowest BCUT2D eigenvalue weighted by Crippen LogP contribution is -2.09. The quantitative estimate of drug-likeness (QED) is 0.904. The van der Waals surface area contributed by atoms with Gasteiger partial charge in [-0.2, -0.15) is 0 Å². The van der Waals surface area contributed by atoms with E-state index in [9.17, 15) is 5.11 Å². The van der Waals surface area contributed by atoms with Crippen LogP contribution in [0.25, 0.3) is 0 Å². The van der Waals surface area contributed by atoms with Crippen molar-refractivity contribution in [2.75, 3.05) is 0 Å². The molecule has 1 aromatic heterocycles. The van der Waals surface area contributed by atoms with Crippen molar-refractivity contribution >= 4 is 11.6 Å². The Hall–Kier alpha value is -1.58. The number of imidazole rings is 1. The normalized spacial score (nSPS) is 12.4. The first-order valence-corrected chi connectivity index (χ1v) is 5.63. The van der Waals surface area contributed by atoms with Crippen LogP contribution >= 0.6 is 11.6 Å². The first kappa shape index (κ1) is 11.9. The summed E-state index contributed by atoms with van der Waals surface area (Å²) >= 11 is 5.77. The highest BCUT2D eigenvalue weighted by Crippen LogP contribution is 2.20. The average Bonchev–Trinajstić information content (AvgIpc) is 2.76. The van der Waals surface area contributed by atoms with Gasteiger partial charge in [-0.3, -0.25) is 0 Å². The van der Waals surface area contributed by atoms with Crippen molar-refractivity contribution in [2.45, 2.75) is 12.6 Å². The van der Waals surface area contributed by atoms with Crippen molar-refractivity contribution in [3.8, 4) is 0 Å². The Morgan fingerprint density at radius 1 is 1.41 bits per heavy atom. The van der Waals surface area contributed by atoms with E-state index in [1.807, 2.05) is 30.3 Å². The number of hydrogen-bond donors (Lipinski definition) is 1. The van der Waals surface area contributed by atoms with Crippen LogP contribution < -0.4 is 0 Å². The molecule has 0 aliphatic rings. The van der Waals surface area contributed by atoms with Crippen LogP contribution in [-0.2, 0) is 6.54 Å². The topological polar surface area (TPSA) is 38.0 Å². The molecule has 2 aromatic rings. The lowest BCUT2D eigenvalue weighted by Gasteiger charge is -2.13. The molecule has 0 radical (unpaired) electrons. The second-order valence-corrected chi connectivity index (χ2v) is 4.28. The highest BCUT2D eigenvalue weighted by Gasteiger charge is 2.15. The summed E-state index contributed by atoms with van der Waals surface area (Å²) in [5.41, 5.74) is 0.806. The molecule has 0 saturated carbocycles. The van der Waals surface area contributed by atoms with E-state index in [1.54, 1.807) is 17.0 Å². The van der Waals surface area contributed by atoms with Crippen LogP contribution in [0.4, 0.5) is 0 Å². The molecular weight excluding hydrogens is 236 g/mol. The largest absolute Gasteiger partial charge is 0.380 e. The van der Waals surface area contributed by atoms with Gasteiger partial charge in [0.15, 0.2) is 0 Å². The Morgan fingerprint density at radius 3 is 2.76 bits per heavy atom. The summed E-state index contributed by atoms with van der Waals surface area (Å²) in [6, 6.07) is 9.39. The molecule has 0 fully saturated rings. The second-order valence-electron chi connectivity index (χ2n) is 3.74. The maximum atomic E-state index is 10.2. The van der Waals surface area contributed by atoms with E-state index < -0.39 is 6.10 Å². The van der Waals surface area contributed by atoms with Gasteiger partial charge in [-0.15, -0.1) is 0 Å². The fourth-order valence-corrected chi connectivity index (χ4v) is 1.80. The summed E-state index contributed by atoms with van der Waals surface area (Å²) in [7, 11) is 0. The molecule has 1 heterocycles. The number of aromatic nitrogens is 2. The predicted octanol–water partition coefficient (Wildman–Crippen LogP) is 2.72. The Bertz CT molecular complexity index is 507. The molecule has 1 aromatic carbocycles. The molecule has 0 aliphatic carbocycles. The van der Waals surface area contributed by atoms with Gasteiger partial charge in [0, 0.05) is 17.4 Å². The minimum atomic E-state index is -0.748. The second kappa shape index (κ2) is 5.17. The summed E-state index contributed by atoms with van der Waals surface area (Å²) in [4.78, 5) is 4.16. The number of aliphatic hydroxyl groups excluding tert-OH is 1. The van der Waals surface area contributed by atoms with Crippen molar-refractivity contribution in [1.82, 2.24) is 9.55 Å². The number of aliphatic hydroxyl groups is 1. The smallest absolute Gasteiger partial charge is 0.142 e. The van der Waals surface area contributed by atoms with Crippen molar-refractivity contribution < 1.29 is 5.11 Å². The van der Waals surface area contributed by atoms with Crippen LogP contribution in [-0.4, -0.2) is 14.7 Å². The third kappa shape index (κ3) is 2.75. The Balaban J connectivity index is 2.28. The van der Waals surface area contributed by atoms with Crippen molar-refractivity contribution in [2.24, 2.45) is 0 Å².